The Kier molecular flexibility index (Phi) is 3.38. The molecule has 1 aromatic heterocycles. The number of hydrogen-bond acceptors (Lipinski definition) is 5. The molecule has 0 radical (unpaired) electrons. The zero-order valence-electron chi connectivity index (χ0n) is 9.41. The van der Waals surface area contributed by atoms with Gasteiger partial charge >= 0.3 is 0 Å². The Bertz CT molecular complexity index is 569. The second kappa shape index (κ2) is 4.64. The number of thiophene rings is 1. The van der Waals surface area contributed by atoms with Gasteiger partial charge in [-0.15, -0.1) is 11.3 Å². The van der Waals surface area contributed by atoms with Crippen molar-refractivity contribution in [1.82, 2.24) is 5.32 Å². The van der Waals surface area contributed by atoms with Crippen molar-refractivity contribution in [2.45, 2.75) is 19.9 Å². The van der Waals surface area contributed by atoms with Gasteiger partial charge in [0, 0.05) is 11.4 Å². The van der Waals surface area contributed by atoms with E-state index in [0.717, 1.165) is 23.4 Å². The molecule has 7 heteroatoms. The lowest BCUT2D eigenvalue weighted by Crippen LogP contribution is -2.22. The van der Waals surface area contributed by atoms with Crippen LogP contribution in [0.15, 0.2) is 0 Å². The molecule has 0 spiro atoms. The molecular weight excluding hydrogens is 258 g/mol. The standard InChI is InChI=1S/C10H13N3O2S2/c1-2-17(14,15)13-10-8(5-11)7-3-4-12-6-9(7)16-10/h12-13H,2-4,6H2,1H3. The lowest BCUT2D eigenvalue weighted by molar-refractivity contribution is 0.602. The van der Waals surface area contributed by atoms with Gasteiger partial charge in [0.15, 0.2) is 0 Å². The lowest BCUT2D eigenvalue weighted by Gasteiger charge is -2.11. The van der Waals surface area contributed by atoms with Crippen molar-refractivity contribution in [3.8, 4) is 6.07 Å². The fraction of sp³-hybridized carbons (Fsp3) is 0.500. The topological polar surface area (TPSA) is 82.0 Å². The van der Waals surface area contributed by atoms with Gasteiger partial charge in [-0.3, -0.25) is 4.72 Å². The largest absolute Gasteiger partial charge is 0.312 e. The van der Waals surface area contributed by atoms with Crippen LogP contribution in [0.25, 0.3) is 0 Å². The molecule has 0 saturated heterocycles. The molecule has 0 saturated carbocycles. The van der Waals surface area contributed by atoms with Crippen molar-refractivity contribution in [3.05, 3.63) is 16.0 Å². The van der Waals surface area contributed by atoms with Crippen molar-refractivity contribution < 1.29 is 8.42 Å². The minimum atomic E-state index is -3.32. The minimum absolute atomic E-state index is 0.0126. The van der Waals surface area contributed by atoms with E-state index in [9.17, 15) is 8.42 Å². The molecule has 5 nitrogen and oxygen atoms in total. The first kappa shape index (κ1) is 12.4. The third kappa shape index (κ3) is 2.44. The summed E-state index contributed by atoms with van der Waals surface area (Å²) in [6.07, 6.45) is 0.780. The molecule has 2 heterocycles. The molecule has 0 atom stereocenters. The van der Waals surface area contributed by atoms with E-state index in [4.69, 9.17) is 5.26 Å². The maximum Gasteiger partial charge on any atom is 0.233 e. The number of sulfonamides is 1. The predicted octanol–water partition coefficient (Wildman–Crippen LogP) is 1.03. The molecule has 2 rings (SSSR count). The monoisotopic (exact) mass is 271 g/mol. The highest BCUT2D eigenvalue weighted by atomic mass is 32.2. The highest BCUT2D eigenvalue weighted by Gasteiger charge is 2.22. The van der Waals surface area contributed by atoms with Crippen LogP contribution in [0.4, 0.5) is 5.00 Å². The fourth-order valence-electron chi connectivity index (χ4n) is 1.74. The van der Waals surface area contributed by atoms with Crippen LogP contribution in [0.1, 0.15) is 22.9 Å². The van der Waals surface area contributed by atoms with Crippen LogP contribution in [0.2, 0.25) is 0 Å². The van der Waals surface area contributed by atoms with Crippen molar-refractivity contribution in [2.24, 2.45) is 0 Å². The van der Waals surface area contributed by atoms with Gasteiger partial charge in [0.1, 0.15) is 11.1 Å². The van der Waals surface area contributed by atoms with E-state index in [0.29, 0.717) is 17.1 Å². The molecule has 1 aliphatic heterocycles. The summed E-state index contributed by atoms with van der Waals surface area (Å²) in [7, 11) is -3.32. The quantitative estimate of drug-likeness (QED) is 0.860. The summed E-state index contributed by atoms with van der Waals surface area (Å²) in [5.74, 6) is 0.0126. The zero-order chi connectivity index (χ0) is 12.5. The summed E-state index contributed by atoms with van der Waals surface area (Å²) in [6, 6.07) is 2.11. The number of nitriles is 1. The van der Waals surface area contributed by atoms with Crippen molar-refractivity contribution in [1.29, 1.82) is 5.26 Å². The summed E-state index contributed by atoms with van der Waals surface area (Å²) < 4.78 is 25.5. The summed E-state index contributed by atoms with van der Waals surface area (Å²) in [4.78, 5) is 1.06. The second-order valence-electron chi connectivity index (χ2n) is 3.75. The first-order valence-corrected chi connectivity index (χ1v) is 7.80. The van der Waals surface area contributed by atoms with Gasteiger partial charge < -0.3 is 5.32 Å². The molecule has 0 fully saturated rings. The molecule has 0 bridgehead atoms. The summed E-state index contributed by atoms with van der Waals surface area (Å²) in [6.45, 7) is 3.12. The van der Waals surface area contributed by atoms with Gasteiger partial charge in [-0.25, -0.2) is 8.42 Å². The lowest BCUT2D eigenvalue weighted by atomic mass is 10.1. The SMILES string of the molecule is CCS(=O)(=O)Nc1sc2c(c1C#N)CCNC2. The Labute approximate surface area is 105 Å². The average molecular weight is 271 g/mol. The fourth-order valence-corrected chi connectivity index (χ4v) is 3.83. The number of rotatable bonds is 3. The van der Waals surface area contributed by atoms with Gasteiger partial charge in [0.25, 0.3) is 0 Å². The first-order valence-electron chi connectivity index (χ1n) is 5.33. The van der Waals surface area contributed by atoms with Crippen LogP contribution >= 0.6 is 11.3 Å². The van der Waals surface area contributed by atoms with Crippen LogP contribution in [0.3, 0.4) is 0 Å². The van der Waals surface area contributed by atoms with E-state index >= 15 is 0 Å². The van der Waals surface area contributed by atoms with Crippen LogP contribution in [-0.4, -0.2) is 20.7 Å². The molecule has 1 aromatic rings. The molecule has 1 aliphatic rings. The highest BCUT2D eigenvalue weighted by molar-refractivity contribution is 7.92. The molecule has 0 unspecified atom stereocenters. The zero-order valence-corrected chi connectivity index (χ0v) is 11.0. The van der Waals surface area contributed by atoms with Crippen LogP contribution in [-0.2, 0) is 23.0 Å². The van der Waals surface area contributed by atoms with Gasteiger partial charge in [-0.1, -0.05) is 0 Å². The Balaban J connectivity index is 2.42. The third-order valence-electron chi connectivity index (χ3n) is 2.67. The molecule has 0 aromatic carbocycles. The predicted molar refractivity (Wildman–Crippen MR) is 67.5 cm³/mol. The Hall–Kier alpha value is -1.10. The molecular formula is C10H13N3O2S2. The Morgan fingerprint density at radius 2 is 2.35 bits per heavy atom. The average Bonchev–Trinajstić information content (AvgIpc) is 2.65. The molecule has 17 heavy (non-hydrogen) atoms. The number of anilines is 1. The van der Waals surface area contributed by atoms with E-state index in [2.05, 4.69) is 16.1 Å². The minimum Gasteiger partial charge on any atom is -0.312 e. The Morgan fingerprint density at radius 3 is 3.00 bits per heavy atom. The summed E-state index contributed by atoms with van der Waals surface area (Å²) >= 11 is 1.35. The van der Waals surface area contributed by atoms with Crippen LogP contribution in [0, 0.1) is 11.3 Å². The normalized spacial score (nSPS) is 15.1. The van der Waals surface area contributed by atoms with E-state index < -0.39 is 10.0 Å². The Morgan fingerprint density at radius 1 is 1.59 bits per heavy atom. The first-order chi connectivity index (χ1) is 8.07. The number of fused-ring (bicyclic) bond motifs is 1. The van der Waals surface area contributed by atoms with Gasteiger partial charge in [-0.05, 0) is 25.5 Å². The van der Waals surface area contributed by atoms with Crippen molar-refractivity contribution in [3.63, 3.8) is 0 Å². The molecule has 0 aliphatic carbocycles. The maximum atomic E-state index is 11.5. The smallest absolute Gasteiger partial charge is 0.233 e. The highest BCUT2D eigenvalue weighted by Crippen LogP contribution is 2.35. The van der Waals surface area contributed by atoms with Crippen molar-refractivity contribution in [2.75, 3.05) is 17.0 Å². The van der Waals surface area contributed by atoms with E-state index in [-0.39, 0.29) is 5.75 Å². The van der Waals surface area contributed by atoms with E-state index in [1.165, 1.54) is 11.3 Å². The van der Waals surface area contributed by atoms with Crippen LogP contribution < -0.4 is 10.0 Å². The summed E-state index contributed by atoms with van der Waals surface area (Å²) in [5, 5.41) is 12.8. The van der Waals surface area contributed by atoms with E-state index in [1.54, 1.807) is 6.92 Å². The van der Waals surface area contributed by atoms with Gasteiger partial charge in [0.2, 0.25) is 10.0 Å². The number of hydrogen-bond donors (Lipinski definition) is 2. The molecule has 92 valence electrons. The number of nitrogens with one attached hydrogen (secondary N) is 2. The van der Waals surface area contributed by atoms with Gasteiger partial charge in [0.05, 0.1) is 11.3 Å². The van der Waals surface area contributed by atoms with Crippen molar-refractivity contribution >= 4 is 26.4 Å². The second-order valence-corrected chi connectivity index (χ2v) is 6.87. The number of nitrogens with zero attached hydrogens (tertiary/aromatic N) is 1. The van der Waals surface area contributed by atoms with Crippen LogP contribution in [0.5, 0.6) is 0 Å². The van der Waals surface area contributed by atoms with Gasteiger partial charge in [-0.2, -0.15) is 5.26 Å². The third-order valence-corrected chi connectivity index (χ3v) is 5.22. The van der Waals surface area contributed by atoms with E-state index in [1.807, 2.05) is 0 Å². The molecule has 2 N–H and O–H groups in total. The maximum absolute atomic E-state index is 11.5. The summed E-state index contributed by atoms with van der Waals surface area (Å²) in [5.41, 5.74) is 1.48. The molecule has 0 amide bonds.